The highest BCUT2D eigenvalue weighted by Crippen LogP contribution is 2.41. The largest absolute Gasteiger partial charge is 0.437 e. The van der Waals surface area contributed by atoms with Gasteiger partial charge in [-0.25, -0.2) is 38.2 Å². The summed E-state index contributed by atoms with van der Waals surface area (Å²) in [5.74, 6) is -1.89. The molecule has 16 rings (SSSR count). The minimum Gasteiger partial charge on any atom is -0.437 e. The third-order valence-corrected chi connectivity index (χ3v) is 18.6. The predicted octanol–water partition coefficient (Wildman–Crippen LogP) is 19.7. The van der Waals surface area contributed by atoms with Crippen LogP contribution >= 0.6 is 0 Å². The van der Waals surface area contributed by atoms with E-state index >= 15 is 0 Å². The van der Waals surface area contributed by atoms with Crippen LogP contribution < -0.4 is 18.3 Å². The number of aromatic nitrogens is 8. The molecule has 0 saturated carbocycles. The molecule has 0 aliphatic heterocycles. The SMILES string of the molecule is Cc1ccc2c(n1)oc1c(-c3cc(C(C)C)cc[n+]3C)c(C)ccc12.Cc1ccc2c(n1)oc1c(-c3cccc[n+]3C)c(C)ccc12.[2H]C(C)(C)c1cc[n+](C)c(-c2c(C)ccc3c2oc2nc(C)ccc23)c1.[2H]C([2H])([2H])C([2H])(C)c1cc[n+](C)c(-c2c(C)ccc3c2oc2nc(C)ccc23)c1. The van der Waals surface area contributed by atoms with Crippen molar-refractivity contribution >= 4 is 88.3 Å². The second kappa shape index (κ2) is 26.1. The highest BCUT2D eigenvalue weighted by atomic mass is 16.4. The Kier molecular flexibility index (Phi) is 15.8. The van der Waals surface area contributed by atoms with Gasteiger partial charge < -0.3 is 17.7 Å². The van der Waals surface area contributed by atoms with E-state index in [9.17, 15) is 0 Å². The summed E-state index contributed by atoms with van der Waals surface area (Å²) >= 11 is 0. The molecule has 0 amide bonds. The van der Waals surface area contributed by atoms with Crippen molar-refractivity contribution in [3.8, 4) is 45.0 Å². The smallest absolute Gasteiger partial charge is 0.227 e. The van der Waals surface area contributed by atoms with Gasteiger partial charge in [-0.3, -0.25) is 0 Å². The van der Waals surface area contributed by atoms with E-state index < -0.39 is 18.6 Å². The van der Waals surface area contributed by atoms with E-state index in [0.29, 0.717) is 39.9 Å². The summed E-state index contributed by atoms with van der Waals surface area (Å²) in [5.41, 5.74) is 25.5. The summed E-state index contributed by atoms with van der Waals surface area (Å²) in [5, 5.41) is 8.39. The Balaban J connectivity index is 0.000000122. The average molecular weight is 1290 g/mol. The average Bonchev–Trinajstić information content (AvgIpc) is 1.62. The van der Waals surface area contributed by atoms with Crippen LogP contribution in [0.25, 0.3) is 133 Å². The van der Waals surface area contributed by atoms with Gasteiger partial charge in [0.1, 0.15) is 28.2 Å². The Morgan fingerprint density at radius 2 is 0.608 bits per heavy atom. The lowest BCUT2D eigenvalue weighted by Crippen LogP contribution is -2.31. The van der Waals surface area contributed by atoms with Crippen molar-refractivity contribution in [2.24, 2.45) is 28.2 Å². The first-order chi connectivity index (χ1) is 48.4. The fourth-order valence-corrected chi connectivity index (χ4v) is 13.1. The van der Waals surface area contributed by atoms with Crippen LogP contribution in [0, 0.1) is 55.4 Å². The van der Waals surface area contributed by atoms with Crippen molar-refractivity contribution in [3.63, 3.8) is 0 Å². The van der Waals surface area contributed by atoms with Crippen molar-refractivity contribution in [2.45, 2.75) is 115 Å². The van der Waals surface area contributed by atoms with Crippen molar-refractivity contribution in [2.75, 3.05) is 0 Å². The molecule has 16 aromatic rings. The number of aryl methyl sites for hydroxylation is 12. The maximum atomic E-state index is 8.47. The van der Waals surface area contributed by atoms with Crippen LogP contribution in [0.5, 0.6) is 0 Å². The van der Waals surface area contributed by atoms with E-state index in [1.807, 2.05) is 128 Å². The van der Waals surface area contributed by atoms with Gasteiger partial charge >= 0.3 is 0 Å². The normalized spacial score (nSPS) is 13.3. The van der Waals surface area contributed by atoms with Gasteiger partial charge in [-0.05, 0) is 167 Å². The maximum absolute atomic E-state index is 8.47. The fraction of sp³-hybridized carbons (Fsp3) is 0.247. The van der Waals surface area contributed by atoms with Gasteiger partial charge in [0.2, 0.25) is 45.6 Å². The minimum atomic E-state index is -2.44. The molecule has 0 aliphatic rings. The maximum Gasteiger partial charge on any atom is 0.227 e. The molecule has 0 aliphatic carbocycles. The Labute approximate surface area is 574 Å². The number of nitrogens with zero attached hydrogens (tertiary/aromatic N) is 8. The number of pyridine rings is 8. The van der Waals surface area contributed by atoms with Crippen molar-refractivity contribution in [1.29, 1.82) is 0 Å². The standard InChI is InChI=1S/3C22H23N2O.C19H17N2O/c3*1-13(2)16-10-11-24(5)19(12-16)20-14(3)6-8-17-18-9-7-15(4)23-22(18)25-21(17)20;1-12-7-9-14-15-10-8-13(2)20-19(15)22-18(14)17(12)16-6-4-5-11-21(16)3/h3*6-13H,1-5H3;4-11H,1-3H3/q4*+1/i1D3,13D;13D;;. The molecule has 12 nitrogen and oxygen atoms in total. The van der Waals surface area contributed by atoms with E-state index in [-0.39, 0.29) is 0 Å². The summed E-state index contributed by atoms with van der Waals surface area (Å²) in [6, 6.07) is 51.5. The molecule has 1 unspecified atom stereocenters. The van der Waals surface area contributed by atoms with Crippen molar-refractivity contribution in [1.82, 2.24) is 19.9 Å². The molecule has 0 bridgehead atoms. The molecule has 97 heavy (non-hydrogen) atoms. The Hall–Kier alpha value is -10.7. The topological polar surface area (TPSA) is 120 Å². The molecule has 4 aromatic carbocycles. The summed E-state index contributed by atoms with van der Waals surface area (Å²) in [6.45, 7) is 23.5. The van der Waals surface area contributed by atoms with Gasteiger partial charge in [0.05, 0.1) is 22.3 Å². The van der Waals surface area contributed by atoms with Crippen LogP contribution in [0.4, 0.5) is 0 Å². The molecule has 0 N–H and O–H groups in total. The Bertz CT molecular complexity index is 5990. The number of hydrogen-bond acceptors (Lipinski definition) is 8. The summed E-state index contributed by atoms with van der Waals surface area (Å²) in [7, 11) is 8.07. The fourth-order valence-electron chi connectivity index (χ4n) is 13.1. The second-order valence-corrected chi connectivity index (χ2v) is 26.4. The molecule has 0 saturated heterocycles. The van der Waals surface area contributed by atoms with E-state index in [4.69, 9.17) is 24.5 Å². The molecule has 12 heterocycles. The first kappa shape index (κ1) is 58.8. The first-order valence-electron chi connectivity index (χ1n) is 35.5. The van der Waals surface area contributed by atoms with Crippen molar-refractivity contribution in [3.05, 3.63) is 238 Å². The number of hydrogen-bond donors (Lipinski definition) is 0. The summed E-state index contributed by atoms with van der Waals surface area (Å²) in [4.78, 5) is 18.2. The lowest BCUT2D eigenvalue weighted by atomic mass is 9.97. The molecule has 1 atom stereocenters. The lowest BCUT2D eigenvalue weighted by molar-refractivity contribution is -0.660. The van der Waals surface area contributed by atoms with Crippen LogP contribution in [0.3, 0.4) is 0 Å². The number of fused-ring (bicyclic) bond motifs is 12. The van der Waals surface area contributed by atoms with Gasteiger partial charge in [0.15, 0.2) is 47.1 Å². The van der Waals surface area contributed by atoms with Gasteiger partial charge in [-0.2, -0.15) is 0 Å². The number of rotatable bonds is 7. The summed E-state index contributed by atoms with van der Waals surface area (Å²) in [6.07, 6.45) is 8.00. The third kappa shape index (κ3) is 12.3. The van der Waals surface area contributed by atoms with E-state index in [1.54, 1.807) is 18.3 Å². The molecular formula is C85H86N8O4+4. The van der Waals surface area contributed by atoms with Crippen LogP contribution in [-0.4, -0.2) is 19.9 Å². The van der Waals surface area contributed by atoms with Gasteiger partial charge in [0, 0.05) is 121 Å². The molecule has 0 fully saturated rings. The van der Waals surface area contributed by atoms with Crippen LogP contribution in [-0.2, 0) is 28.2 Å². The minimum absolute atomic E-state index is 0.437. The van der Waals surface area contributed by atoms with Crippen LogP contribution in [0.2, 0.25) is 0 Å². The molecule has 486 valence electrons. The lowest BCUT2D eigenvalue weighted by Gasteiger charge is -2.09. The second-order valence-electron chi connectivity index (χ2n) is 26.4. The number of benzene rings is 4. The Morgan fingerprint density at radius 3 is 0.918 bits per heavy atom. The van der Waals surface area contributed by atoms with E-state index in [2.05, 4.69) is 180 Å². The molecule has 0 radical (unpaired) electrons. The monoisotopic (exact) mass is 1290 g/mol. The zero-order valence-corrected chi connectivity index (χ0v) is 58.5. The van der Waals surface area contributed by atoms with Crippen LogP contribution in [0.15, 0.2) is 194 Å². The first-order valence-corrected chi connectivity index (χ1v) is 33.0. The van der Waals surface area contributed by atoms with Crippen LogP contribution in [0.1, 0.15) is 128 Å². The zero-order chi connectivity index (χ0) is 72.8. The highest BCUT2D eigenvalue weighted by molar-refractivity contribution is 6.12. The van der Waals surface area contributed by atoms with Crippen molar-refractivity contribution < 1.29 is 42.8 Å². The highest BCUT2D eigenvalue weighted by Gasteiger charge is 2.27. The molecule has 12 heteroatoms. The van der Waals surface area contributed by atoms with E-state index in [0.717, 1.165) is 139 Å². The van der Waals surface area contributed by atoms with Gasteiger partial charge in [-0.1, -0.05) is 90.0 Å². The van der Waals surface area contributed by atoms with Gasteiger partial charge in [-0.15, -0.1) is 0 Å². The quantitative estimate of drug-likeness (QED) is 0.145. The number of furan rings is 4. The zero-order valence-electron chi connectivity index (χ0n) is 63.5. The molecule has 12 aromatic heterocycles. The third-order valence-electron chi connectivity index (χ3n) is 18.6. The Morgan fingerprint density at radius 1 is 0.320 bits per heavy atom. The van der Waals surface area contributed by atoms with E-state index in [1.165, 1.54) is 29.3 Å². The molecule has 0 spiro atoms. The van der Waals surface area contributed by atoms with Gasteiger partial charge in [0.25, 0.3) is 0 Å². The summed E-state index contributed by atoms with van der Waals surface area (Å²) < 4.78 is 73.2. The molecular weight excluding hydrogens is 1200 g/mol. The predicted molar refractivity (Wildman–Crippen MR) is 393 cm³/mol.